The molecule has 1 aliphatic heterocycles. The van der Waals surface area contributed by atoms with Crippen LogP contribution in [-0.4, -0.2) is 64.5 Å². The summed E-state index contributed by atoms with van der Waals surface area (Å²) in [6, 6.07) is 4.79. The Morgan fingerprint density at radius 1 is 1.29 bits per heavy atom. The van der Waals surface area contributed by atoms with Gasteiger partial charge in [0, 0.05) is 51.6 Å². The number of carbonyl (C=O) groups excluding carboxylic acids is 1. The number of urea groups is 1. The van der Waals surface area contributed by atoms with Crippen LogP contribution < -0.4 is 15.0 Å². The van der Waals surface area contributed by atoms with Crippen molar-refractivity contribution in [2.45, 2.75) is 6.92 Å². The highest BCUT2D eigenvalue weighted by Gasteiger charge is 2.22. The molecule has 1 aromatic rings. The van der Waals surface area contributed by atoms with Gasteiger partial charge in [-0.3, -0.25) is 0 Å². The minimum absolute atomic E-state index is 0.0470. The summed E-state index contributed by atoms with van der Waals surface area (Å²) in [4.78, 5) is 16.1. The number of nitrogens with zero attached hydrogens (tertiary/aromatic N) is 2. The normalized spacial score (nSPS) is 16.0. The van der Waals surface area contributed by atoms with Crippen molar-refractivity contribution in [3.8, 4) is 5.75 Å². The molecule has 1 aliphatic rings. The van der Waals surface area contributed by atoms with Crippen LogP contribution in [0.5, 0.6) is 5.75 Å². The van der Waals surface area contributed by atoms with Gasteiger partial charge in [-0.25, -0.2) is 9.18 Å². The van der Waals surface area contributed by atoms with E-state index in [0.29, 0.717) is 39.3 Å². The first-order chi connectivity index (χ1) is 11.5. The van der Waals surface area contributed by atoms with E-state index in [1.807, 2.05) is 6.92 Å². The third kappa shape index (κ3) is 4.74. The van der Waals surface area contributed by atoms with E-state index in [-0.39, 0.29) is 23.5 Å². The van der Waals surface area contributed by atoms with Crippen LogP contribution in [0.1, 0.15) is 6.92 Å². The molecule has 1 N–H and O–H groups in total. The molecule has 1 saturated heterocycles. The third-order valence-electron chi connectivity index (χ3n) is 4.12. The van der Waals surface area contributed by atoms with Gasteiger partial charge in [-0.2, -0.15) is 0 Å². The van der Waals surface area contributed by atoms with Crippen molar-refractivity contribution in [3.05, 3.63) is 24.0 Å². The molecule has 1 fully saturated rings. The second kappa shape index (κ2) is 8.73. The van der Waals surface area contributed by atoms with E-state index >= 15 is 0 Å². The average molecular weight is 339 g/mol. The summed E-state index contributed by atoms with van der Waals surface area (Å²) in [6.07, 6.45) is 0. The average Bonchev–Trinajstić information content (AvgIpc) is 2.60. The van der Waals surface area contributed by atoms with Gasteiger partial charge in [0.15, 0.2) is 11.6 Å². The van der Waals surface area contributed by atoms with Crippen LogP contribution in [0, 0.1) is 11.7 Å². The summed E-state index contributed by atoms with van der Waals surface area (Å²) in [5.41, 5.74) is 0.905. The fourth-order valence-corrected chi connectivity index (χ4v) is 2.73. The largest absolute Gasteiger partial charge is 0.494 e. The summed E-state index contributed by atoms with van der Waals surface area (Å²) in [6.45, 7) is 5.92. The first kappa shape index (κ1) is 18.3. The summed E-state index contributed by atoms with van der Waals surface area (Å²) in [7, 11) is 3.11. The van der Waals surface area contributed by atoms with Gasteiger partial charge in [0.25, 0.3) is 0 Å². The van der Waals surface area contributed by atoms with Crippen molar-refractivity contribution in [1.29, 1.82) is 0 Å². The van der Waals surface area contributed by atoms with Crippen LogP contribution in [0.15, 0.2) is 18.2 Å². The lowest BCUT2D eigenvalue weighted by atomic mass is 10.2. The quantitative estimate of drug-likeness (QED) is 0.861. The minimum atomic E-state index is -0.371. The maximum Gasteiger partial charge on any atom is 0.317 e. The molecule has 1 heterocycles. The molecule has 24 heavy (non-hydrogen) atoms. The molecule has 1 atom stereocenters. The van der Waals surface area contributed by atoms with Gasteiger partial charge in [-0.05, 0) is 18.1 Å². The molecular formula is C17H26FN3O3. The minimum Gasteiger partial charge on any atom is -0.494 e. The molecule has 0 spiro atoms. The van der Waals surface area contributed by atoms with E-state index in [0.717, 1.165) is 5.69 Å². The third-order valence-corrected chi connectivity index (χ3v) is 4.12. The number of hydrogen-bond acceptors (Lipinski definition) is 4. The van der Waals surface area contributed by atoms with Crippen LogP contribution in [-0.2, 0) is 4.74 Å². The second-order valence-electron chi connectivity index (χ2n) is 6.04. The molecule has 0 bridgehead atoms. The molecule has 0 aromatic heterocycles. The molecule has 0 aliphatic carbocycles. The highest BCUT2D eigenvalue weighted by Crippen LogP contribution is 2.25. The Balaban J connectivity index is 1.83. The van der Waals surface area contributed by atoms with Crippen molar-refractivity contribution in [1.82, 2.24) is 10.2 Å². The van der Waals surface area contributed by atoms with E-state index in [1.165, 1.54) is 13.2 Å². The Morgan fingerprint density at radius 2 is 2.00 bits per heavy atom. The van der Waals surface area contributed by atoms with Crippen molar-refractivity contribution in [2.24, 2.45) is 5.92 Å². The zero-order valence-electron chi connectivity index (χ0n) is 14.5. The second-order valence-corrected chi connectivity index (χ2v) is 6.04. The number of rotatable bonds is 6. The summed E-state index contributed by atoms with van der Waals surface area (Å²) in [5.74, 6) is 0.149. The van der Waals surface area contributed by atoms with Crippen molar-refractivity contribution in [3.63, 3.8) is 0 Å². The number of anilines is 1. The zero-order valence-corrected chi connectivity index (χ0v) is 14.5. The zero-order chi connectivity index (χ0) is 17.5. The number of halogens is 1. The molecule has 0 saturated carbocycles. The van der Waals surface area contributed by atoms with E-state index in [2.05, 4.69) is 10.2 Å². The number of hydrogen-bond donors (Lipinski definition) is 1. The maximum atomic E-state index is 13.5. The lowest BCUT2D eigenvalue weighted by Gasteiger charge is -2.36. The van der Waals surface area contributed by atoms with E-state index < -0.39 is 0 Å². The molecule has 2 rings (SSSR count). The highest BCUT2D eigenvalue weighted by atomic mass is 19.1. The predicted octanol–water partition coefficient (Wildman–Crippen LogP) is 1.95. The van der Waals surface area contributed by atoms with E-state index in [9.17, 15) is 9.18 Å². The fraction of sp³-hybridized carbons (Fsp3) is 0.588. The van der Waals surface area contributed by atoms with Crippen LogP contribution in [0.4, 0.5) is 14.9 Å². The number of amides is 2. The van der Waals surface area contributed by atoms with Crippen LogP contribution in [0.25, 0.3) is 0 Å². The Labute approximate surface area is 142 Å². The van der Waals surface area contributed by atoms with Gasteiger partial charge < -0.3 is 24.6 Å². The van der Waals surface area contributed by atoms with Gasteiger partial charge in [-0.1, -0.05) is 6.92 Å². The maximum absolute atomic E-state index is 13.5. The summed E-state index contributed by atoms with van der Waals surface area (Å²) < 4.78 is 23.6. The number of piperazine rings is 1. The monoisotopic (exact) mass is 339 g/mol. The standard InChI is InChI=1S/C17H26FN3O3/c1-13(12-23-2)11-19-17(22)21-8-6-20(7-9-21)14-4-5-15(18)16(10-14)24-3/h4-5,10,13H,6-9,11-12H2,1-3H3,(H,19,22)/t13-/m1/s1. The molecule has 134 valence electrons. The molecular weight excluding hydrogens is 313 g/mol. The number of carbonyl (C=O) groups is 1. The fourth-order valence-electron chi connectivity index (χ4n) is 2.73. The molecule has 2 amide bonds. The molecule has 6 nitrogen and oxygen atoms in total. The lowest BCUT2D eigenvalue weighted by Crippen LogP contribution is -2.52. The van der Waals surface area contributed by atoms with Gasteiger partial charge >= 0.3 is 6.03 Å². The van der Waals surface area contributed by atoms with Gasteiger partial charge in [0.1, 0.15) is 0 Å². The lowest BCUT2D eigenvalue weighted by molar-refractivity contribution is 0.154. The molecule has 1 aromatic carbocycles. The summed E-state index contributed by atoms with van der Waals surface area (Å²) >= 11 is 0. The topological polar surface area (TPSA) is 54.0 Å². The van der Waals surface area contributed by atoms with E-state index in [4.69, 9.17) is 9.47 Å². The number of methoxy groups -OCH3 is 2. The first-order valence-corrected chi connectivity index (χ1v) is 8.15. The SMILES string of the molecule is COC[C@H](C)CNC(=O)N1CCN(c2ccc(F)c(OC)c2)CC1. The summed E-state index contributed by atoms with van der Waals surface area (Å²) in [5, 5.41) is 2.94. The first-order valence-electron chi connectivity index (χ1n) is 8.15. The van der Waals surface area contributed by atoms with Crippen molar-refractivity contribution >= 4 is 11.7 Å². The van der Waals surface area contributed by atoms with Crippen molar-refractivity contribution in [2.75, 3.05) is 58.5 Å². The number of benzene rings is 1. The molecule has 0 unspecified atom stereocenters. The Kier molecular flexibility index (Phi) is 6.66. The van der Waals surface area contributed by atoms with Gasteiger partial charge in [-0.15, -0.1) is 0 Å². The van der Waals surface area contributed by atoms with Crippen LogP contribution in [0.2, 0.25) is 0 Å². The molecule has 0 radical (unpaired) electrons. The number of nitrogens with one attached hydrogen (secondary N) is 1. The Hall–Kier alpha value is -2.02. The number of ether oxygens (including phenoxy) is 2. The highest BCUT2D eigenvalue weighted by molar-refractivity contribution is 5.74. The van der Waals surface area contributed by atoms with Gasteiger partial charge in [0.05, 0.1) is 13.7 Å². The predicted molar refractivity (Wildman–Crippen MR) is 91.2 cm³/mol. The Bertz CT molecular complexity index is 548. The smallest absolute Gasteiger partial charge is 0.317 e. The van der Waals surface area contributed by atoms with Gasteiger partial charge in [0.2, 0.25) is 0 Å². The van der Waals surface area contributed by atoms with Crippen LogP contribution >= 0.6 is 0 Å². The van der Waals surface area contributed by atoms with Crippen molar-refractivity contribution < 1.29 is 18.7 Å². The molecule has 7 heteroatoms. The van der Waals surface area contributed by atoms with Crippen LogP contribution in [0.3, 0.4) is 0 Å². The Morgan fingerprint density at radius 3 is 2.62 bits per heavy atom. The van der Waals surface area contributed by atoms with E-state index in [1.54, 1.807) is 24.1 Å².